The van der Waals surface area contributed by atoms with Crippen LogP contribution in [0.3, 0.4) is 0 Å². The summed E-state index contributed by atoms with van der Waals surface area (Å²) >= 11 is 0. The molecule has 0 atom stereocenters. The topological polar surface area (TPSA) is 17.8 Å². The van der Waals surface area contributed by atoms with Crippen molar-refractivity contribution in [3.05, 3.63) is 60.7 Å². The Balaban J connectivity index is 1.96. The predicted molar refractivity (Wildman–Crippen MR) is 57.7 cm³/mol. The van der Waals surface area contributed by atoms with Crippen LogP contribution in [0.4, 0.5) is 0 Å². The molecule has 1 aromatic carbocycles. The van der Waals surface area contributed by atoms with Gasteiger partial charge in [-0.25, -0.2) is 4.98 Å². The lowest BCUT2D eigenvalue weighted by Crippen LogP contribution is -1.88. The van der Waals surface area contributed by atoms with E-state index < -0.39 is 0 Å². The van der Waals surface area contributed by atoms with E-state index in [9.17, 15) is 0 Å². The average molecular weight is 184 g/mol. The molecular formula is C12H12N2. The first kappa shape index (κ1) is 8.75. The van der Waals surface area contributed by atoms with Crippen molar-refractivity contribution in [1.82, 2.24) is 9.55 Å². The maximum absolute atomic E-state index is 3.98. The minimum Gasteiger partial charge on any atom is -0.334 e. The van der Waals surface area contributed by atoms with E-state index in [0.29, 0.717) is 0 Å². The highest BCUT2D eigenvalue weighted by atomic mass is 15.0. The van der Waals surface area contributed by atoms with Gasteiger partial charge in [0.15, 0.2) is 0 Å². The highest BCUT2D eigenvalue weighted by Gasteiger charge is 1.84. The van der Waals surface area contributed by atoms with Crippen molar-refractivity contribution in [1.29, 1.82) is 0 Å². The Morgan fingerprint density at radius 1 is 1.21 bits per heavy atom. The summed E-state index contributed by atoms with van der Waals surface area (Å²) in [4.78, 5) is 3.98. The van der Waals surface area contributed by atoms with E-state index in [-0.39, 0.29) is 0 Å². The molecule has 2 aromatic rings. The van der Waals surface area contributed by atoms with E-state index >= 15 is 0 Å². The zero-order valence-electron chi connectivity index (χ0n) is 7.88. The molecule has 0 N–H and O–H groups in total. The third-order valence-corrected chi connectivity index (χ3v) is 1.99. The lowest BCUT2D eigenvalue weighted by molar-refractivity contribution is 0.823. The predicted octanol–water partition coefficient (Wildman–Crippen LogP) is 2.60. The summed E-state index contributed by atoms with van der Waals surface area (Å²) in [6.07, 6.45) is 9.79. The first-order chi connectivity index (χ1) is 6.95. The molecule has 1 aromatic heterocycles. The first-order valence-corrected chi connectivity index (χ1v) is 4.62. The zero-order chi connectivity index (χ0) is 9.64. The molecule has 2 nitrogen and oxygen atoms in total. The second kappa shape index (κ2) is 4.42. The van der Waals surface area contributed by atoms with E-state index in [4.69, 9.17) is 0 Å². The summed E-state index contributed by atoms with van der Waals surface area (Å²) in [5.74, 6) is 0. The molecule has 2 heteroatoms. The summed E-state index contributed by atoms with van der Waals surface area (Å²) in [5.41, 5.74) is 1.23. The molecule has 0 aliphatic carbocycles. The van der Waals surface area contributed by atoms with Gasteiger partial charge in [-0.15, -0.1) is 0 Å². The van der Waals surface area contributed by atoms with Crippen LogP contribution in [0.15, 0.2) is 55.1 Å². The zero-order valence-corrected chi connectivity index (χ0v) is 7.88. The van der Waals surface area contributed by atoms with Gasteiger partial charge >= 0.3 is 0 Å². The van der Waals surface area contributed by atoms with E-state index in [1.807, 2.05) is 35.3 Å². The molecule has 2 rings (SSSR count). The Bertz CT molecular complexity index is 388. The molecule has 0 spiro atoms. The van der Waals surface area contributed by atoms with Crippen molar-refractivity contribution in [3.63, 3.8) is 0 Å². The van der Waals surface area contributed by atoms with Crippen molar-refractivity contribution >= 4 is 6.08 Å². The molecule has 0 bridgehead atoms. The fraction of sp³-hybridized carbons (Fsp3) is 0.0833. The van der Waals surface area contributed by atoms with Gasteiger partial charge in [0.1, 0.15) is 0 Å². The molecule has 14 heavy (non-hydrogen) atoms. The van der Waals surface area contributed by atoms with Crippen LogP contribution in [-0.2, 0) is 6.54 Å². The Morgan fingerprint density at radius 2 is 2.07 bits per heavy atom. The molecule has 0 aliphatic heterocycles. The second-order valence-corrected chi connectivity index (χ2v) is 3.07. The number of hydrogen-bond acceptors (Lipinski definition) is 1. The van der Waals surface area contributed by atoms with Crippen molar-refractivity contribution < 1.29 is 0 Å². The number of rotatable bonds is 3. The van der Waals surface area contributed by atoms with Crippen molar-refractivity contribution in [2.45, 2.75) is 6.54 Å². The lowest BCUT2D eigenvalue weighted by atomic mass is 10.2. The van der Waals surface area contributed by atoms with Crippen molar-refractivity contribution in [3.8, 4) is 0 Å². The molecule has 0 fully saturated rings. The summed E-state index contributed by atoms with van der Waals surface area (Å²) in [6.45, 7) is 0.870. The van der Waals surface area contributed by atoms with Crippen molar-refractivity contribution in [2.24, 2.45) is 0 Å². The largest absolute Gasteiger partial charge is 0.334 e. The molecule has 70 valence electrons. The number of aromatic nitrogens is 2. The van der Waals surface area contributed by atoms with Crippen LogP contribution in [0.25, 0.3) is 6.08 Å². The summed E-state index contributed by atoms with van der Waals surface area (Å²) in [5, 5.41) is 0. The van der Waals surface area contributed by atoms with Gasteiger partial charge < -0.3 is 4.57 Å². The van der Waals surface area contributed by atoms with Gasteiger partial charge in [-0.3, -0.25) is 0 Å². The van der Waals surface area contributed by atoms with Gasteiger partial charge in [-0.2, -0.15) is 0 Å². The smallest absolute Gasteiger partial charge is 0.0948 e. The average Bonchev–Trinajstić information content (AvgIpc) is 2.72. The molecule has 0 radical (unpaired) electrons. The van der Waals surface area contributed by atoms with E-state index in [2.05, 4.69) is 29.3 Å². The van der Waals surface area contributed by atoms with E-state index in [0.717, 1.165) is 6.54 Å². The molecular weight excluding hydrogens is 172 g/mol. The highest BCUT2D eigenvalue weighted by molar-refractivity contribution is 5.48. The second-order valence-electron chi connectivity index (χ2n) is 3.07. The summed E-state index contributed by atoms with van der Waals surface area (Å²) < 4.78 is 2.03. The number of hydrogen-bond donors (Lipinski definition) is 0. The normalized spacial score (nSPS) is 10.9. The van der Waals surface area contributed by atoms with Gasteiger partial charge in [-0.1, -0.05) is 42.5 Å². The molecule has 0 saturated carbocycles. The fourth-order valence-corrected chi connectivity index (χ4v) is 1.27. The first-order valence-electron chi connectivity index (χ1n) is 4.62. The molecule has 0 amide bonds. The van der Waals surface area contributed by atoms with Crippen LogP contribution < -0.4 is 0 Å². The van der Waals surface area contributed by atoms with Gasteiger partial charge in [0.2, 0.25) is 0 Å². The maximum atomic E-state index is 3.98. The summed E-state index contributed by atoms with van der Waals surface area (Å²) in [6, 6.07) is 10.3. The van der Waals surface area contributed by atoms with Crippen molar-refractivity contribution in [2.75, 3.05) is 0 Å². The minimum atomic E-state index is 0.870. The fourth-order valence-electron chi connectivity index (χ4n) is 1.27. The van der Waals surface area contributed by atoms with E-state index in [1.54, 1.807) is 6.20 Å². The van der Waals surface area contributed by atoms with Gasteiger partial charge in [0, 0.05) is 18.9 Å². The van der Waals surface area contributed by atoms with E-state index in [1.165, 1.54) is 5.56 Å². The van der Waals surface area contributed by atoms with Crippen LogP contribution in [0.2, 0.25) is 0 Å². The number of imidazole rings is 1. The Morgan fingerprint density at radius 3 is 2.79 bits per heavy atom. The molecule has 0 unspecified atom stereocenters. The third-order valence-electron chi connectivity index (χ3n) is 1.99. The van der Waals surface area contributed by atoms with Gasteiger partial charge in [0.05, 0.1) is 6.33 Å². The van der Waals surface area contributed by atoms with Crippen LogP contribution in [-0.4, -0.2) is 9.55 Å². The standard InChI is InChI=1S/C12H12N2/c1-2-5-12(6-3-1)7-4-9-14-10-8-13-11-14/h1-8,10-11H,9H2. The van der Waals surface area contributed by atoms with Crippen LogP contribution in [0.5, 0.6) is 0 Å². The minimum absolute atomic E-state index is 0.870. The quantitative estimate of drug-likeness (QED) is 0.717. The highest BCUT2D eigenvalue weighted by Crippen LogP contribution is 2.01. The molecule has 1 heterocycles. The monoisotopic (exact) mass is 184 g/mol. The number of nitrogens with zero attached hydrogens (tertiary/aromatic N) is 2. The van der Waals surface area contributed by atoms with Gasteiger partial charge in [-0.05, 0) is 5.56 Å². The molecule has 0 aliphatic rings. The summed E-state index contributed by atoms with van der Waals surface area (Å²) in [7, 11) is 0. The molecule has 0 saturated heterocycles. The SMILES string of the molecule is C(=Cc1ccccc1)Cn1ccnc1. The Labute approximate surface area is 83.5 Å². The van der Waals surface area contributed by atoms with Gasteiger partial charge in [0.25, 0.3) is 0 Å². The van der Waals surface area contributed by atoms with Crippen LogP contribution in [0, 0.1) is 0 Å². The number of benzene rings is 1. The third kappa shape index (κ3) is 2.33. The maximum Gasteiger partial charge on any atom is 0.0948 e. The number of allylic oxidation sites excluding steroid dienone is 1. The Hall–Kier alpha value is -1.83. The lowest BCUT2D eigenvalue weighted by Gasteiger charge is -1.94. The van der Waals surface area contributed by atoms with Crippen LogP contribution >= 0.6 is 0 Å². The van der Waals surface area contributed by atoms with Crippen LogP contribution in [0.1, 0.15) is 5.56 Å². The Kier molecular flexibility index (Phi) is 2.76.